The Bertz CT molecular complexity index is 1080. The smallest absolute Gasteiger partial charge is 0.348 e. The van der Waals surface area contributed by atoms with E-state index in [2.05, 4.69) is 31.2 Å². The summed E-state index contributed by atoms with van der Waals surface area (Å²) in [6, 6.07) is 12.3. The summed E-state index contributed by atoms with van der Waals surface area (Å²) >= 11 is 0. The van der Waals surface area contributed by atoms with Crippen molar-refractivity contribution in [2.24, 2.45) is 0 Å². The van der Waals surface area contributed by atoms with E-state index in [1.165, 1.54) is 5.56 Å². The lowest BCUT2D eigenvalue weighted by Crippen LogP contribution is -2.24. The molecule has 2 N–H and O–H groups in total. The van der Waals surface area contributed by atoms with E-state index in [0.29, 0.717) is 6.42 Å². The minimum absolute atomic E-state index is 0.0710. The summed E-state index contributed by atoms with van der Waals surface area (Å²) in [6.07, 6.45) is 2.37. The highest BCUT2D eigenvalue weighted by molar-refractivity contribution is 7.79. The zero-order chi connectivity index (χ0) is 21.1. The van der Waals surface area contributed by atoms with Crippen LogP contribution < -0.4 is 0 Å². The van der Waals surface area contributed by atoms with Gasteiger partial charge in [-0.05, 0) is 25.5 Å². The topological polar surface area (TPSA) is 112 Å². The van der Waals surface area contributed by atoms with Gasteiger partial charge in [0.05, 0.1) is 17.8 Å². The number of imidazole rings is 1. The third kappa shape index (κ3) is 5.88. The van der Waals surface area contributed by atoms with Gasteiger partial charge in [-0.2, -0.15) is 8.42 Å². The molecular weight excluding hydrogens is 382 g/mol. The van der Waals surface area contributed by atoms with Crippen LogP contribution in [0, 0.1) is 13.8 Å². The zero-order valence-electron chi connectivity index (χ0n) is 16.1. The number of pyridine rings is 1. The van der Waals surface area contributed by atoms with Gasteiger partial charge in [0.1, 0.15) is 5.65 Å². The number of hydrogen-bond acceptors (Lipinski definition) is 4. The molecule has 2 heterocycles. The molecule has 150 valence electrons. The lowest BCUT2D eigenvalue weighted by molar-refractivity contribution is -0.128. The molecule has 0 fully saturated rings. The van der Waals surface area contributed by atoms with Crippen molar-refractivity contribution in [2.75, 3.05) is 14.1 Å². The van der Waals surface area contributed by atoms with E-state index in [-0.39, 0.29) is 5.91 Å². The van der Waals surface area contributed by atoms with Crippen molar-refractivity contribution in [3.8, 4) is 11.3 Å². The number of aromatic nitrogens is 2. The van der Waals surface area contributed by atoms with Crippen molar-refractivity contribution in [1.29, 1.82) is 0 Å². The van der Waals surface area contributed by atoms with Gasteiger partial charge in [0.25, 0.3) is 0 Å². The highest BCUT2D eigenvalue weighted by atomic mass is 32.3. The quantitative estimate of drug-likeness (QED) is 0.648. The molecule has 3 rings (SSSR count). The molecule has 8 nitrogen and oxygen atoms in total. The van der Waals surface area contributed by atoms with Crippen molar-refractivity contribution < 1.29 is 22.3 Å². The molecule has 0 radical (unpaired) electrons. The van der Waals surface area contributed by atoms with Crippen molar-refractivity contribution in [1.82, 2.24) is 14.3 Å². The molecule has 0 aliphatic rings. The van der Waals surface area contributed by atoms with Gasteiger partial charge in [0.2, 0.25) is 5.91 Å². The molecule has 0 aliphatic carbocycles. The van der Waals surface area contributed by atoms with Gasteiger partial charge >= 0.3 is 10.4 Å². The Balaban J connectivity index is 0.000000500. The predicted molar refractivity (Wildman–Crippen MR) is 107 cm³/mol. The highest BCUT2D eigenvalue weighted by Gasteiger charge is 2.18. The highest BCUT2D eigenvalue weighted by Crippen LogP contribution is 2.26. The van der Waals surface area contributed by atoms with Gasteiger partial charge in [0, 0.05) is 25.9 Å². The Kier molecular flexibility index (Phi) is 6.55. The number of hydrogen-bond donors (Lipinski definition) is 2. The van der Waals surface area contributed by atoms with Crippen LogP contribution >= 0.6 is 0 Å². The van der Waals surface area contributed by atoms with E-state index in [1.54, 1.807) is 19.0 Å². The number of amides is 1. The minimum atomic E-state index is -4.67. The van der Waals surface area contributed by atoms with Crippen molar-refractivity contribution in [3.63, 3.8) is 0 Å². The van der Waals surface area contributed by atoms with Gasteiger partial charge in [-0.3, -0.25) is 13.9 Å². The molecule has 0 saturated carbocycles. The molecule has 0 bridgehead atoms. The van der Waals surface area contributed by atoms with Gasteiger partial charge in [-0.1, -0.05) is 35.9 Å². The number of likely N-dealkylation sites (N-methyl/N-ethyl adjacent to an activating group) is 1. The summed E-state index contributed by atoms with van der Waals surface area (Å²) in [7, 11) is -1.11. The Morgan fingerprint density at radius 3 is 2.11 bits per heavy atom. The fraction of sp³-hybridized carbons (Fsp3) is 0.263. The Hall–Kier alpha value is -2.75. The van der Waals surface area contributed by atoms with Crippen LogP contribution in [0.25, 0.3) is 16.9 Å². The lowest BCUT2D eigenvalue weighted by Gasteiger charge is -2.11. The third-order valence-electron chi connectivity index (χ3n) is 4.01. The average molecular weight is 405 g/mol. The number of fused-ring (bicyclic) bond motifs is 1. The molecule has 1 aromatic carbocycles. The van der Waals surface area contributed by atoms with E-state index in [0.717, 1.165) is 28.2 Å². The first-order chi connectivity index (χ1) is 13.0. The standard InChI is InChI=1S/C19H21N3O.H2O4S/c1-13-5-8-15(9-6-13)19-16(11-18(23)21(3)4)22-12-14(2)7-10-17(22)20-19;1-5(2,3)4/h5-10,12H,11H2,1-4H3;(H2,1,2,3,4). The number of carbonyl (C=O) groups is 1. The van der Waals surface area contributed by atoms with E-state index < -0.39 is 10.4 Å². The molecule has 0 aliphatic heterocycles. The number of carbonyl (C=O) groups excluding carboxylic acids is 1. The predicted octanol–water partition coefficient (Wildman–Crippen LogP) is 2.60. The SMILES string of the molecule is Cc1ccc(-c2nc3ccc(C)cn3c2CC(=O)N(C)C)cc1.O=S(=O)(O)O. The zero-order valence-corrected chi connectivity index (χ0v) is 16.9. The van der Waals surface area contributed by atoms with Crippen LogP contribution in [0.5, 0.6) is 0 Å². The second-order valence-electron chi connectivity index (χ2n) is 6.62. The van der Waals surface area contributed by atoms with Gasteiger partial charge < -0.3 is 9.30 Å². The van der Waals surface area contributed by atoms with Crippen LogP contribution in [-0.2, 0) is 21.6 Å². The van der Waals surface area contributed by atoms with E-state index in [9.17, 15) is 4.79 Å². The summed E-state index contributed by atoms with van der Waals surface area (Å²) in [5, 5.41) is 0. The fourth-order valence-corrected chi connectivity index (χ4v) is 2.61. The number of aryl methyl sites for hydroxylation is 2. The number of nitrogens with zero attached hydrogens (tertiary/aromatic N) is 3. The van der Waals surface area contributed by atoms with Crippen LogP contribution in [0.1, 0.15) is 16.8 Å². The molecule has 0 unspecified atom stereocenters. The fourth-order valence-electron chi connectivity index (χ4n) is 2.61. The molecule has 3 aromatic rings. The normalized spacial score (nSPS) is 11.1. The summed E-state index contributed by atoms with van der Waals surface area (Å²) < 4.78 is 33.6. The first kappa shape index (κ1) is 21.5. The molecule has 2 aromatic heterocycles. The largest absolute Gasteiger partial charge is 0.394 e. The van der Waals surface area contributed by atoms with Gasteiger partial charge in [-0.25, -0.2) is 4.98 Å². The maximum absolute atomic E-state index is 12.3. The monoisotopic (exact) mass is 405 g/mol. The Morgan fingerprint density at radius 1 is 1.04 bits per heavy atom. The molecule has 9 heteroatoms. The molecule has 28 heavy (non-hydrogen) atoms. The summed E-state index contributed by atoms with van der Waals surface area (Å²) in [4.78, 5) is 18.6. The van der Waals surface area contributed by atoms with Crippen LogP contribution in [-0.4, -0.2) is 51.8 Å². The van der Waals surface area contributed by atoms with Crippen LogP contribution in [0.15, 0.2) is 42.6 Å². The maximum Gasteiger partial charge on any atom is 0.394 e. The minimum Gasteiger partial charge on any atom is -0.348 e. The number of rotatable bonds is 3. The first-order valence-electron chi connectivity index (χ1n) is 8.40. The van der Waals surface area contributed by atoms with Crippen LogP contribution in [0.3, 0.4) is 0 Å². The Morgan fingerprint density at radius 2 is 1.57 bits per heavy atom. The summed E-state index contributed by atoms with van der Waals surface area (Å²) in [5.41, 5.74) is 6.08. The lowest BCUT2D eigenvalue weighted by atomic mass is 10.1. The molecule has 1 amide bonds. The van der Waals surface area contributed by atoms with E-state index in [1.807, 2.05) is 29.7 Å². The molecule has 0 saturated heterocycles. The van der Waals surface area contributed by atoms with Crippen LogP contribution in [0.2, 0.25) is 0 Å². The van der Waals surface area contributed by atoms with E-state index in [4.69, 9.17) is 22.5 Å². The van der Waals surface area contributed by atoms with Crippen LogP contribution in [0.4, 0.5) is 0 Å². The first-order valence-corrected chi connectivity index (χ1v) is 9.80. The molecule has 0 spiro atoms. The summed E-state index contributed by atoms with van der Waals surface area (Å²) in [5.74, 6) is 0.0710. The second kappa shape index (κ2) is 8.51. The van der Waals surface area contributed by atoms with E-state index >= 15 is 0 Å². The molecular formula is C19H23N3O5S. The van der Waals surface area contributed by atoms with Gasteiger partial charge in [0.15, 0.2) is 0 Å². The molecule has 0 atom stereocenters. The maximum atomic E-state index is 12.3. The average Bonchev–Trinajstić information content (AvgIpc) is 2.92. The summed E-state index contributed by atoms with van der Waals surface area (Å²) in [6.45, 7) is 4.11. The Labute approximate surface area is 164 Å². The van der Waals surface area contributed by atoms with Crippen molar-refractivity contribution in [3.05, 3.63) is 59.4 Å². The third-order valence-corrected chi connectivity index (χ3v) is 4.01. The number of benzene rings is 1. The van der Waals surface area contributed by atoms with Gasteiger partial charge in [-0.15, -0.1) is 0 Å². The van der Waals surface area contributed by atoms with Crippen molar-refractivity contribution >= 4 is 22.0 Å². The second-order valence-corrected chi connectivity index (χ2v) is 7.52. The van der Waals surface area contributed by atoms with Crippen molar-refractivity contribution in [2.45, 2.75) is 20.3 Å².